The maximum absolute atomic E-state index is 12.3. The van der Waals surface area contributed by atoms with E-state index in [-0.39, 0.29) is 21.9 Å². The van der Waals surface area contributed by atoms with Gasteiger partial charge in [-0.05, 0) is 66.3 Å². The lowest BCUT2D eigenvalue weighted by molar-refractivity contribution is -0.384. The van der Waals surface area contributed by atoms with E-state index in [4.69, 9.17) is 28.6 Å². The summed E-state index contributed by atoms with van der Waals surface area (Å²) in [5.74, 6) is 0.197. The second kappa shape index (κ2) is 9.12. The minimum atomic E-state index is -0.555. The summed E-state index contributed by atoms with van der Waals surface area (Å²) in [6, 6.07) is 8.80. The van der Waals surface area contributed by atoms with Crippen molar-refractivity contribution in [2.24, 2.45) is 0 Å². The van der Waals surface area contributed by atoms with Crippen LogP contribution in [0.15, 0.2) is 40.9 Å². The number of hydrogen-bond acceptors (Lipinski definition) is 5. The van der Waals surface area contributed by atoms with Crippen LogP contribution in [0.3, 0.4) is 0 Å². The van der Waals surface area contributed by atoms with Crippen LogP contribution in [0.4, 0.5) is 11.4 Å². The highest BCUT2D eigenvalue weighted by molar-refractivity contribution is 9.10. The molecule has 2 N–H and O–H groups in total. The van der Waals surface area contributed by atoms with Gasteiger partial charge < -0.3 is 10.1 Å². The lowest BCUT2D eigenvalue weighted by atomic mass is 10.2. The SMILES string of the molecule is CC(C)Oc1ccc(C(=O)NC(=S)Nc2ccc([N+](=O)[O-])cc2Cl)cc1Br. The molecule has 0 bridgehead atoms. The van der Waals surface area contributed by atoms with Crippen LogP contribution in [0.1, 0.15) is 24.2 Å². The molecule has 1 amide bonds. The largest absolute Gasteiger partial charge is 0.490 e. The van der Waals surface area contributed by atoms with Gasteiger partial charge in [0, 0.05) is 17.7 Å². The second-order valence-corrected chi connectivity index (χ2v) is 7.31. The Labute approximate surface area is 174 Å². The van der Waals surface area contributed by atoms with Crippen molar-refractivity contribution in [2.75, 3.05) is 5.32 Å². The smallest absolute Gasteiger partial charge is 0.271 e. The lowest BCUT2D eigenvalue weighted by Crippen LogP contribution is -2.34. The summed E-state index contributed by atoms with van der Waals surface area (Å²) in [5, 5.41) is 16.1. The predicted molar refractivity (Wildman–Crippen MR) is 112 cm³/mol. The quantitative estimate of drug-likeness (QED) is 0.364. The summed E-state index contributed by atoms with van der Waals surface area (Å²) in [7, 11) is 0. The van der Waals surface area contributed by atoms with Crippen molar-refractivity contribution >= 4 is 62.1 Å². The minimum absolute atomic E-state index is 0.00389. The second-order valence-electron chi connectivity index (χ2n) is 5.64. The fraction of sp³-hybridized carbons (Fsp3) is 0.176. The molecule has 0 aliphatic rings. The minimum Gasteiger partial charge on any atom is -0.490 e. The summed E-state index contributed by atoms with van der Waals surface area (Å²) in [6.07, 6.45) is 0.00389. The Morgan fingerprint density at radius 3 is 2.56 bits per heavy atom. The summed E-state index contributed by atoms with van der Waals surface area (Å²) >= 11 is 14.5. The molecule has 2 aromatic carbocycles. The summed E-state index contributed by atoms with van der Waals surface area (Å²) in [4.78, 5) is 22.5. The zero-order valence-electron chi connectivity index (χ0n) is 14.3. The number of halogens is 2. The monoisotopic (exact) mass is 471 g/mol. The number of anilines is 1. The van der Waals surface area contributed by atoms with Crippen molar-refractivity contribution in [3.8, 4) is 5.75 Å². The third-order valence-electron chi connectivity index (χ3n) is 3.20. The Bertz CT molecular complexity index is 908. The first-order valence-corrected chi connectivity index (χ1v) is 9.27. The number of thiocarbonyl (C=S) groups is 1. The molecule has 0 aliphatic carbocycles. The number of nitrogens with one attached hydrogen (secondary N) is 2. The van der Waals surface area contributed by atoms with Gasteiger partial charge in [-0.25, -0.2) is 0 Å². The molecule has 2 rings (SSSR count). The highest BCUT2D eigenvalue weighted by atomic mass is 79.9. The molecule has 0 aromatic heterocycles. The summed E-state index contributed by atoms with van der Waals surface area (Å²) in [6.45, 7) is 3.81. The average Bonchev–Trinajstić information content (AvgIpc) is 2.57. The molecule has 0 radical (unpaired) electrons. The van der Waals surface area contributed by atoms with E-state index in [2.05, 4.69) is 26.6 Å². The molecule has 0 saturated carbocycles. The van der Waals surface area contributed by atoms with E-state index < -0.39 is 10.8 Å². The first kappa shape index (κ1) is 21.1. The number of ether oxygens (including phenoxy) is 1. The number of non-ortho nitro benzene ring substituents is 1. The van der Waals surface area contributed by atoms with Crippen LogP contribution in [-0.2, 0) is 0 Å². The van der Waals surface area contributed by atoms with E-state index in [0.717, 1.165) is 0 Å². The molecule has 0 atom stereocenters. The van der Waals surface area contributed by atoms with Crippen LogP contribution < -0.4 is 15.4 Å². The van der Waals surface area contributed by atoms with Crippen LogP contribution in [0.25, 0.3) is 0 Å². The van der Waals surface area contributed by atoms with Crippen LogP contribution in [-0.4, -0.2) is 22.0 Å². The molecule has 0 saturated heterocycles. The number of hydrogen-bond donors (Lipinski definition) is 2. The van der Waals surface area contributed by atoms with Crippen LogP contribution >= 0.6 is 39.7 Å². The zero-order valence-corrected chi connectivity index (χ0v) is 17.4. The number of benzene rings is 2. The Kier molecular flexibility index (Phi) is 7.11. The van der Waals surface area contributed by atoms with Gasteiger partial charge in [0.1, 0.15) is 5.75 Å². The van der Waals surface area contributed by atoms with Crippen molar-refractivity contribution in [2.45, 2.75) is 20.0 Å². The van der Waals surface area contributed by atoms with Gasteiger partial charge in [-0.1, -0.05) is 11.6 Å². The predicted octanol–water partition coefficient (Wildman–Crippen LogP) is 4.92. The van der Waals surface area contributed by atoms with Crippen molar-refractivity contribution in [3.05, 3.63) is 61.6 Å². The molecule has 10 heteroatoms. The number of nitro benzene ring substituents is 1. The fourth-order valence-corrected chi connectivity index (χ4v) is 2.94. The third kappa shape index (κ3) is 5.88. The maximum Gasteiger partial charge on any atom is 0.271 e. The maximum atomic E-state index is 12.3. The number of nitrogens with zero attached hydrogens (tertiary/aromatic N) is 1. The van der Waals surface area contributed by atoms with E-state index >= 15 is 0 Å². The van der Waals surface area contributed by atoms with Crippen LogP contribution in [0.2, 0.25) is 5.02 Å². The third-order valence-corrected chi connectivity index (χ3v) is 4.33. The van der Waals surface area contributed by atoms with E-state index in [1.165, 1.54) is 18.2 Å². The molecule has 0 fully saturated rings. The summed E-state index contributed by atoms with van der Waals surface area (Å²) in [5.41, 5.74) is 0.570. The molecule has 27 heavy (non-hydrogen) atoms. The molecule has 2 aromatic rings. The van der Waals surface area contributed by atoms with E-state index in [1.807, 2.05) is 13.8 Å². The average molecular weight is 473 g/mol. The number of carbonyl (C=O) groups excluding carboxylic acids is 1. The van der Waals surface area contributed by atoms with E-state index in [1.54, 1.807) is 18.2 Å². The van der Waals surface area contributed by atoms with Gasteiger partial charge in [-0.3, -0.25) is 20.2 Å². The van der Waals surface area contributed by atoms with Gasteiger partial charge in [0.15, 0.2) is 5.11 Å². The number of nitro groups is 1. The highest BCUT2D eigenvalue weighted by Gasteiger charge is 2.14. The molecular formula is C17H15BrClN3O4S. The molecule has 142 valence electrons. The van der Waals surface area contributed by atoms with E-state index in [0.29, 0.717) is 21.5 Å². The Morgan fingerprint density at radius 2 is 2.00 bits per heavy atom. The van der Waals surface area contributed by atoms with Crippen LogP contribution in [0, 0.1) is 10.1 Å². The molecule has 0 spiro atoms. The van der Waals surface area contributed by atoms with Crippen LogP contribution in [0.5, 0.6) is 5.75 Å². The zero-order chi connectivity index (χ0) is 20.1. The van der Waals surface area contributed by atoms with Gasteiger partial charge >= 0.3 is 0 Å². The van der Waals surface area contributed by atoms with Gasteiger partial charge in [0.2, 0.25) is 0 Å². The first-order chi connectivity index (χ1) is 12.7. The number of amides is 1. The topological polar surface area (TPSA) is 93.5 Å². The molecular weight excluding hydrogens is 458 g/mol. The molecule has 0 unspecified atom stereocenters. The highest BCUT2D eigenvalue weighted by Crippen LogP contribution is 2.28. The standard InChI is InChI=1S/C17H15BrClN3O4S/c1-9(2)26-15-6-3-10(7-12(15)18)16(23)21-17(27)20-14-5-4-11(22(24)25)8-13(14)19/h3-9H,1-2H3,(H2,20,21,23,27). The van der Waals surface area contributed by atoms with Crippen molar-refractivity contribution < 1.29 is 14.5 Å². The lowest BCUT2D eigenvalue weighted by Gasteiger charge is -2.13. The van der Waals surface area contributed by atoms with Gasteiger partial charge in [0.05, 0.1) is 26.2 Å². The molecule has 0 aliphatic heterocycles. The van der Waals surface area contributed by atoms with Gasteiger partial charge in [-0.15, -0.1) is 0 Å². The number of carbonyl (C=O) groups is 1. The molecule has 7 nitrogen and oxygen atoms in total. The van der Waals surface area contributed by atoms with Gasteiger partial charge in [-0.2, -0.15) is 0 Å². The number of rotatable bonds is 5. The van der Waals surface area contributed by atoms with Gasteiger partial charge in [0.25, 0.3) is 11.6 Å². The Balaban J connectivity index is 2.04. The first-order valence-electron chi connectivity index (χ1n) is 7.70. The van der Waals surface area contributed by atoms with Crippen molar-refractivity contribution in [1.82, 2.24) is 5.32 Å². The Morgan fingerprint density at radius 1 is 1.30 bits per heavy atom. The Hall–Kier alpha value is -2.23. The summed E-state index contributed by atoms with van der Waals surface area (Å²) < 4.78 is 6.24. The fourth-order valence-electron chi connectivity index (χ4n) is 2.04. The normalized spacial score (nSPS) is 10.4. The van der Waals surface area contributed by atoms with E-state index in [9.17, 15) is 14.9 Å². The molecule has 0 heterocycles. The van der Waals surface area contributed by atoms with Crippen molar-refractivity contribution in [1.29, 1.82) is 0 Å². The van der Waals surface area contributed by atoms with Crippen molar-refractivity contribution in [3.63, 3.8) is 0 Å².